The van der Waals surface area contributed by atoms with Crippen LogP contribution in [-0.2, 0) is 7.05 Å². The number of nitrogens with zero attached hydrogens (tertiary/aromatic N) is 6. The zero-order valence-corrected chi connectivity index (χ0v) is 22.2. The molecule has 0 spiro atoms. The van der Waals surface area contributed by atoms with Crippen LogP contribution in [0.2, 0.25) is 0 Å². The van der Waals surface area contributed by atoms with E-state index in [1.165, 1.54) is 16.7 Å². The maximum absolute atomic E-state index is 13.5. The molecule has 3 aromatic rings. The molecule has 1 aliphatic heterocycles. The van der Waals surface area contributed by atoms with Crippen LogP contribution in [0.3, 0.4) is 0 Å². The Morgan fingerprint density at radius 3 is 2.43 bits per heavy atom. The standard InChI is InChI=1S/C26H31F3N6OS/c1-5-19-16-35(25-24-23(33(4)26(36)32-25)12-11-18(14-30)31-24)20(6-2)15-34(19)22(7-3)17-9-8-10-21(13-17)37(27,28)29/h8-13,19-20,22H,5-7,15-16H2,1-4H3/t19-,20+,22+/m1/s1. The molecule has 0 radical (unpaired) electrons. The molecule has 1 aliphatic rings. The summed E-state index contributed by atoms with van der Waals surface area (Å²) in [5.41, 5.74) is 1.60. The minimum Gasteiger partial charge on any atom is -0.349 e. The number of rotatable bonds is 7. The molecule has 1 fully saturated rings. The molecule has 0 aliphatic carbocycles. The van der Waals surface area contributed by atoms with Crippen LogP contribution in [0, 0.1) is 11.3 Å². The average Bonchev–Trinajstić information content (AvgIpc) is 2.90. The molecular formula is C26H31F3N6OS. The molecule has 0 amide bonds. The second-order valence-corrected chi connectivity index (χ2v) is 10.6. The van der Waals surface area contributed by atoms with E-state index in [9.17, 15) is 21.7 Å². The van der Waals surface area contributed by atoms with E-state index in [1.54, 1.807) is 25.2 Å². The summed E-state index contributed by atoms with van der Waals surface area (Å²) < 4.78 is 42.0. The van der Waals surface area contributed by atoms with E-state index in [0.717, 1.165) is 18.9 Å². The highest BCUT2D eigenvalue weighted by Gasteiger charge is 2.38. The first kappa shape index (κ1) is 26.9. The molecule has 0 saturated carbocycles. The summed E-state index contributed by atoms with van der Waals surface area (Å²) in [5, 5.41) is 9.41. The molecule has 11 heteroatoms. The fourth-order valence-electron chi connectivity index (χ4n) is 5.32. The van der Waals surface area contributed by atoms with Gasteiger partial charge >= 0.3 is 5.69 Å². The number of halogens is 3. The molecule has 3 heterocycles. The maximum atomic E-state index is 13.5. The molecular weight excluding hydrogens is 501 g/mol. The molecule has 0 bridgehead atoms. The third kappa shape index (κ3) is 5.18. The number of anilines is 1. The quantitative estimate of drug-likeness (QED) is 0.380. The summed E-state index contributed by atoms with van der Waals surface area (Å²) in [5.74, 6) is 0.455. The van der Waals surface area contributed by atoms with E-state index in [4.69, 9.17) is 0 Å². The predicted octanol–water partition coefficient (Wildman–Crippen LogP) is 5.85. The smallest absolute Gasteiger partial charge is 0.349 e. The molecule has 2 aromatic heterocycles. The second kappa shape index (κ2) is 10.7. The van der Waals surface area contributed by atoms with Gasteiger partial charge in [-0.1, -0.05) is 32.9 Å². The van der Waals surface area contributed by atoms with E-state index >= 15 is 0 Å². The first-order chi connectivity index (χ1) is 17.6. The third-order valence-corrected chi connectivity index (χ3v) is 8.09. The van der Waals surface area contributed by atoms with E-state index < -0.39 is 21.8 Å². The first-order valence-electron chi connectivity index (χ1n) is 12.4. The summed E-state index contributed by atoms with van der Waals surface area (Å²) in [4.78, 5) is 25.5. The number of piperazine rings is 1. The lowest BCUT2D eigenvalue weighted by Gasteiger charge is -2.49. The Bertz CT molecular complexity index is 1390. The number of hydrogen-bond donors (Lipinski definition) is 0. The number of pyridine rings is 1. The van der Waals surface area contributed by atoms with Crippen molar-refractivity contribution in [2.24, 2.45) is 7.05 Å². The largest absolute Gasteiger partial charge is 0.349 e. The molecule has 3 atom stereocenters. The minimum absolute atomic E-state index is 0.0229. The third-order valence-electron chi connectivity index (χ3n) is 7.30. The van der Waals surface area contributed by atoms with Crippen molar-refractivity contribution in [3.63, 3.8) is 0 Å². The average molecular weight is 533 g/mol. The number of aromatic nitrogens is 3. The monoisotopic (exact) mass is 532 g/mol. The van der Waals surface area contributed by atoms with Crippen molar-refractivity contribution >= 4 is 28.0 Å². The van der Waals surface area contributed by atoms with Gasteiger partial charge in [0, 0.05) is 38.3 Å². The SMILES string of the molecule is CC[C@H]1CN([C@@H](CC)c2cccc(S(F)(F)F)c2)[C@H](CC)CN1c1nc(=O)n(C)c2ccc(C#N)nc12. The van der Waals surface area contributed by atoms with Gasteiger partial charge in [-0.25, -0.2) is 9.78 Å². The summed E-state index contributed by atoms with van der Waals surface area (Å²) in [6.07, 6.45) is 2.18. The minimum atomic E-state index is -5.31. The predicted molar refractivity (Wildman–Crippen MR) is 140 cm³/mol. The number of benzene rings is 1. The van der Waals surface area contributed by atoms with E-state index in [1.807, 2.05) is 13.8 Å². The van der Waals surface area contributed by atoms with E-state index in [-0.39, 0.29) is 23.8 Å². The van der Waals surface area contributed by atoms with Crippen LogP contribution in [0.15, 0.2) is 46.1 Å². The summed E-state index contributed by atoms with van der Waals surface area (Å²) >= 11 is -5.31. The molecule has 37 heavy (non-hydrogen) atoms. The highest BCUT2D eigenvalue weighted by Crippen LogP contribution is 2.60. The first-order valence-corrected chi connectivity index (χ1v) is 13.8. The lowest BCUT2D eigenvalue weighted by atomic mass is 9.95. The molecule has 1 saturated heterocycles. The number of aryl methyl sites for hydroxylation is 1. The Morgan fingerprint density at radius 1 is 1.08 bits per heavy atom. The number of nitriles is 1. The van der Waals surface area contributed by atoms with Gasteiger partial charge in [-0.2, -0.15) is 10.2 Å². The molecule has 198 valence electrons. The Kier molecular flexibility index (Phi) is 7.80. The van der Waals surface area contributed by atoms with Crippen molar-refractivity contribution < 1.29 is 11.7 Å². The topological polar surface area (TPSA) is 78.0 Å². The lowest BCUT2D eigenvalue weighted by molar-refractivity contribution is 0.0894. The summed E-state index contributed by atoms with van der Waals surface area (Å²) in [7, 11) is 1.63. The van der Waals surface area contributed by atoms with Crippen molar-refractivity contribution in [3.8, 4) is 6.07 Å². The zero-order chi connectivity index (χ0) is 26.9. The molecule has 0 unspecified atom stereocenters. The highest BCUT2D eigenvalue weighted by atomic mass is 32.3. The van der Waals surface area contributed by atoms with Crippen LogP contribution in [-0.4, -0.2) is 44.6 Å². The number of hydrogen-bond acceptors (Lipinski definition) is 6. The lowest BCUT2D eigenvalue weighted by Crippen LogP contribution is -2.59. The van der Waals surface area contributed by atoms with E-state index in [0.29, 0.717) is 41.9 Å². The van der Waals surface area contributed by atoms with Gasteiger partial charge in [0.15, 0.2) is 5.82 Å². The van der Waals surface area contributed by atoms with Crippen LogP contribution >= 0.6 is 11.2 Å². The molecule has 4 rings (SSSR count). The fourth-order valence-corrected chi connectivity index (χ4v) is 5.83. The van der Waals surface area contributed by atoms with Gasteiger partial charge in [-0.05, 0) is 49.1 Å². The van der Waals surface area contributed by atoms with Crippen molar-refractivity contribution in [1.29, 1.82) is 5.26 Å². The van der Waals surface area contributed by atoms with Gasteiger partial charge in [0.2, 0.25) is 11.2 Å². The second-order valence-electron chi connectivity index (χ2n) is 9.33. The van der Waals surface area contributed by atoms with Gasteiger partial charge in [0.25, 0.3) is 0 Å². The van der Waals surface area contributed by atoms with Gasteiger partial charge in [-0.15, -0.1) is 11.7 Å². The van der Waals surface area contributed by atoms with Crippen LogP contribution in [0.1, 0.15) is 57.3 Å². The Hall–Kier alpha value is -3.10. The maximum Gasteiger partial charge on any atom is 0.349 e. The van der Waals surface area contributed by atoms with E-state index in [2.05, 4.69) is 32.8 Å². The summed E-state index contributed by atoms with van der Waals surface area (Å²) in [6.45, 7) is 7.26. The van der Waals surface area contributed by atoms with Gasteiger partial charge in [0.1, 0.15) is 17.3 Å². The Balaban J connectivity index is 1.76. The Morgan fingerprint density at radius 2 is 1.81 bits per heavy atom. The van der Waals surface area contributed by atoms with Crippen LogP contribution in [0.4, 0.5) is 17.5 Å². The van der Waals surface area contributed by atoms with Crippen molar-refractivity contribution in [2.75, 3.05) is 18.0 Å². The van der Waals surface area contributed by atoms with Gasteiger partial charge < -0.3 is 4.90 Å². The van der Waals surface area contributed by atoms with Crippen molar-refractivity contribution in [2.45, 2.75) is 63.1 Å². The highest BCUT2D eigenvalue weighted by molar-refractivity contribution is 8.20. The van der Waals surface area contributed by atoms with Crippen LogP contribution in [0.5, 0.6) is 0 Å². The summed E-state index contributed by atoms with van der Waals surface area (Å²) in [6, 6.07) is 10.9. The molecule has 1 aromatic carbocycles. The van der Waals surface area contributed by atoms with Gasteiger partial charge in [0.05, 0.1) is 10.4 Å². The molecule has 7 nitrogen and oxygen atoms in total. The fraction of sp³-hybridized carbons (Fsp3) is 0.462. The zero-order valence-electron chi connectivity index (χ0n) is 21.4. The van der Waals surface area contributed by atoms with Crippen LogP contribution < -0.4 is 10.6 Å². The number of fused-ring (bicyclic) bond motifs is 1. The van der Waals surface area contributed by atoms with Gasteiger partial charge in [-0.3, -0.25) is 9.47 Å². The molecule has 0 N–H and O–H groups in total. The van der Waals surface area contributed by atoms with Crippen molar-refractivity contribution in [3.05, 3.63) is 58.1 Å². The van der Waals surface area contributed by atoms with Crippen molar-refractivity contribution in [1.82, 2.24) is 19.4 Å². The van der Waals surface area contributed by atoms with Crippen LogP contribution in [0.25, 0.3) is 11.0 Å². The Labute approximate surface area is 216 Å². The normalized spacial score (nSPS) is 20.1.